The molecule has 0 aliphatic carbocycles. The van der Waals surface area contributed by atoms with Crippen LogP contribution < -0.4 is 14.0 Å². The second kappa shape index (κ2) is 3.02. The minimum Gasteiger partial charge on any atom is -0.183 e. The van der Waals surface area contributed by atoms with Crippen LogP contribution >= 0.6 is 0 Å². The van der Waals surface area contributed by atoms with Crippen LogP contribution in [-0.4, -0.2) is 6.61 Å². The molecule has 4 nitrogen and oxygen atoms in total. The van der Waals surface area contributed by atoms with Crippen molar-refractivity contribution in [3.05, 3.63) is 0 Å². The molecule has 0 rings (SSSR count). The third kappa shape index (κ3) is 8.13. The van der Waals surface area contributed by atoms with E-state index in [1.54, 1.807) is 20.8 Å². The van der Waals surface area contributed by atoms with E-state index in [1.165, 1.54) is 0 Å². The largest absolute Gasteiger partial charge is 0.208 e. The van der Waals surface area contributed by atoms with E-state index in [9.17, 15) is 14.0 Å². The summed E-state index contributed by atoms with van der Waals surface area (Å²) in [4.78, 5) is 0. The molecule has 0 bridgehead atoms. The maximum Gasteiger partial charge on any atom is 0.208 e. The third-order valence-corrected chi connectivity index (χ3v) is 0.998. The van der Waals surface area contributed by atoms with Crippen molar-refractivity contribution in [1.82, 2.24) is 0 Å². The standard InChI is InChI=1S/C5H11ClO4/c1-5(2,3)4-10-6(7,8)9/h4H2,1-3H3. The minimum atomic E-state index is -4.25. The summed E-state index contributed by atoms with van der Waals surface area (Å²) >= 11 is 0. The lowest BCUT2D eigenvalue weighted by molar-refractivity contribution is -1.92. The van der Waals surface area contributed by atoms with E-state index < -0.39 is 10.2 Å². The SMILES string of the molecule is CC(C)(C)CO[Cl+3]([O-])([O-])[O-]. The van der Waals surface area contributed by atoms with Gasteiger partial charge in [0.2, 0.25) is 6.61 Å². The van der Waals surface area contributed by atoms with E-state index in [-0.39, 0.29) is 12.0 Å². The summed E-state index contributed by atoms with van der Waals surface area (Å²) in [5, 5.41) is 0. The quantitative estimate of drug-likeness (QED) is 0.478. The van der Waals surface area contributed by atoms with Gasteiger partial charge in [0.1, 0.15) is 0 Å². The molecule has 0 atom stereocenters. The second-order valence-corrected chi connectivity index (χ2v) is 4.17. The molecule has 0 aliphatic heterocycles. The van der Waals surface area contributed by atoms with Crippen LogP contribution in [0.3, 0.4) is 0 Å². The topological polar surface area (TPSA) is 78.4 Å². The molecule has 0 radical (unpaired) electrons. The Kier molecular flexibility index (Phi) is 3.06. The summed E-state index contributed by atoms with van der Waals surface area (Å²) in [6.07, 6.45) is 0. The summed E-state index contributed by atoms with van der Waals surface area (Å²) in [5.41, 5.74) is -0.301. The average molecular weight is 171 g/mol. The first kappa shape index (κ1) is 10.1. The molecule has 0 amide bonds. The number of rotatable bonds is 2. The van der Waals surface area contributed by atoms with Crippen LogP contribution in [0.25, 0.3) is 0 Å². The van der Waals surface area contributed by atoms with Crippen LogP contribution in [0.5, 0.6) is 0 Å². The van der Waals surface area contributed by atoms with Gasteiger partial charge in [0, 0.05) is 5.41 Å². The van der Waals surface area contributed by atoms with Crippen LogP contribution in [0.15, 0.2) is 0 Å². The summed E-state index contributed by atoms with van der Waals surface area (Å²) in [5.74, 6) is 0. The lowest BCUT2D eigenvalue weighted by Gasteiger charge is -2.18. The van der Waals surface area contributed by atoms with Gasteiger partial charge in [-0.1, -0.05) is 20.8 Å². The molecule has 10 heavy (non-hydrogen) atoms. The van der Waals surface area contributed by atoms with Crippen molar-refractivity contribution in [2.45, 2.75) is 20.8 Å². The van der Waals surface area contributed by atoms with E-state index >= 15 is 0 Å². The predicted octanol–water partition coefficient (Wildman–Crippen LogP) is -2.05. The van der Waals surface area contributed by atoms with Gasteiger partial charge in [-0.2, -0.15) is 14.0 Å². The lowest BCUT2D eigenvalue weighted by atomic mass is 9.99. The molecule has 0 aliphatic rings. The van der Waals surface area contributed by atoms with Gasteiger partial charge < -0.3 is 0 Å². The van der Waals surface area contributed by atoms with Crippen LogP contribution in [0.4, 0.5) is 0 Å². The van der Waals surface area contributed by atoms with Gasteiger partial charge >= 0.3 is 0 Å². The molecule has 0 aromatic heterocycles. The highest BCUT2D eigenvalue weighted by atomic mass is 35.7. The van der Waals surface area contributed by atoms with Crippen LogP contribution in [0.1, 0.15) is 20.8 Å². The molecule has 0 aromatic carbocycles. The molecule has 62 valence electrons. The molecular weight excluding hydrogens is 160 g/mol. The van der Waals surface area contributed by atoms with E-state index in [1.807, 2.05) is 0 Å². The molecule has 0 N–H and O–H groups in total. The average Bonchev–Trinajstić information content (AvgIpc) is 1.57. The van der Waals surface area contributed by atoms with Gasteiger partial charge in [-0.3, -0.25) is 0 Å². The molecule has 0 heterocycles. The predicted molar refractivity (Wildman–Crippen MR) is 25.4 cm³/mol. The number of halogens is 1. The second-order valence-electron chi connectivity index (χ2n) is 3.19. The van der Waals surface area contributed by atoms with Gasteiger partial charge in [0.15, 0.2) is 0 Å². The van der Waals surface area contributed by atoms with Crippen molar-refractivity contribution in [2.75, 3.05) is 6.61 Å². The molecular formula is C5H11ClO4. The zero-order valence-electron chi connectivity index (χ0n) is 6.22. The first-order chi connectivity index (χ1) is 4.21. The zero-order valence-corrected chi connectivity index (χ0v) is 6.97. The lowest BCUT2D eigenvalue weighted by Crippen LogP contribution is -2.61. The normalized spacial score (nSPS) is 13.8. The Morgan fingerprint density at radius 3 is 1.70 bits per heavy atom. The zero-order chi connectivity index (χ0) is 8.41. The van der Waals surface area contributed by atoms with Crippen LogP contribution in [0.2, 0.25) is 0 Å². The molecule has 0 saturated heterocycles. The number of hydrogen-bond acceptors (Lipinski definition) is 4. The van der Waals surface area contributed by atoms with Crippen molar-refractivity contribution in [1.29, 1.82) is 0 Å². The Bertz CT molecular complexity index is 87.2. The third-order valence-electron chi connectivity index (χ3n) is 0.621. The highest BCUT2D eigenvalue weighted by Gasteiger charge is 2.24. The molecule has 0 aromatic rings. The molecule has 0 fully saturated rings. The van der Waals surface area contributed by atoms with E-state index in [4.69, 9.17) is 0 Å². The summed E-state index contributed by atoms with van der Waals surface area (Å²) in [6, 6.07) is 0. The van der Waals surface area contributed by atoms with Gasteiger partial charge in [0.05, 0.1) is 14.5 Å². The molecule has 0 unspecified atom stereocenters. The van der Waals surface area contributed by atoms with Crippen molar-refractivity contribution in [3.8, 4) is 0 Å². The minimum absolute atomic E-state index is 0.0829. The van der Waals surface area contributed by atoms with Crippen molar-refractivity contribution >= 4 is 0 Å². The number of hydrogen-bond donors (Lipinski definition) is 0. The molecule has 0 saturated carbocycles. The Balaban J connectivity index is 3.56. The fourth-order valence-electron chi connectivity index (χ4n) is 0.230. The highest BCUT2D eigenvalue weighted by Crippen LogP contribution is 2.13. The van der Waals surface area contributed by atoms with Crippen molar-refractivity contribution in [2.24, 2.45) is 5.41 Å². The first-order valence-electron chi connectivity index (χ1n) is 2.76. The Morgan fingerprint density at radius 1 is 1.20 bits per heavy atom. The summed E-state index contributed by atoms with van der Waals surface area (Å²) in [6.45, 7) is 5.23. The van der Waals surface area contributed by atoms with Gasteiger partial charge in [-0.25, -0.2) is 0 Å². The maximum atomic E-state index is 9.87. The Hall–Kier alpha value is 0.130. The van der Waals surface area contributed by atoms with Gasteiger partial charge in [-0.05, 0) is 0 Å². The Labute approximate surface area is 62.2 Å². The van der Waals surface area contributed by atoms with Gasteiger partial charge in [0.25, 0.3) is 0 Å². The van der Waals surface area contributed by atoms with Crippen LogP contribution in [-0.2, 0) is 4.29 Å². The smallest absolute Gasteiger partial charge is 0.183 e. The van der Waals surface area contributed by atoms with E-state index in [0.717, 1.165) is 0 Å². The first-order valence-corrected chi connectivity index (χ1v) is 3.99. The fourth-order valence-corrected chi connectivity index (χ4v) is 0.691. The van der Waals surface area contributed by atoms with Gasteiger partial charge in [-0.15, -0.1) is 0 Å². The van der Waals surface area contributed by atoms with Crippen molar-refractivity contribution < 1.29 is 28.5 Å². The summed E-state index contributed by atoms with van der Waals surface area (Å²) in [7, 11) is -4.25. The maximum absolute atomic E-state index is 9.87. The summed E-state index contributed by atoms with van der Waals surface area (Å²) < 4.78 is 33.6. The van der Waals surface area contributed by atoms with Crippen LogP contribution in [0, 0.1) is 15.7 Å². The molecule has 5 heteroatoms. The van der Waals surface area contributed by atoms with E-state index in [2.05, 4.69) is 4.29 Å². The van der Waals surface area contributed by atoms with Crippen molar-refractivity contribution in [3.63, 3.8) is 0 Å². The fraction of sp³-hybridized carbons (Fsp3) is 1.00. The Morgan fingerprint density at radius 2 is 1.60 bits per heavy atom. The van der Waals surface area contributed by atoms with E-state index in [0.29, 0.717) is 0 Å². The monoisotopic (exact) mass is 170 g/mol. The molecule has 0 spiro atoms. The highest BCUT2D eigenvalue weighted by molar-refractivity contribution is 4.56.